The molecule has 0 aromatic heterocycles. The molecule has 1 amide bonds. The number of hydrogen-bond acceptors (Lipinski definition) is 7. The standard InChI is InChI=1S/C59H113N2O7P/c1-7-10-13-16-19-22-25-28-30-31-32-34-37-40-43-46-49-52-59(63)68-57(50-47-44-41-38-35-27-24-21-18-15-12-9-3)56(55-67-69(64,65)66-54-53-61(4,5)6)60-58(62)51-48-45-42-39-36-33-29-26-23-20-17-14-11-8-2/h28,30,33,36,47,50,56-57H,7-27,29,31-32,34-35,37-46,48-49,51-55H2,1-6H3,(H-,60,62,64,65)/b30-28+,36-33-,50-47+. The Labute approximate surface area is 427 Å². The average molecular weight is 994 g/mol. The van der Waals surface area contributed by atoms with Gasteiger partial charge in [-0.25, -0.2) is 0 Å². The van der Waals surface area contributed by atoms with E-state index < -0.39 is 26.6 Å². The van der Waals surface area contributed by atoms with Gasteiger partial charge in [0.25, 0.3) is 7.82 Å². The first-order chi connectivity index (χ1) is 33.4. The Kier molecular flexibility index (Phi) is 48.5. The monoisotopic (exact) mass is 993 g/mol. The van der Waals surface area contributed by atoms with Crippen molar-refractivity contribution in [1.29, 1.82) is 0 Å². The second-order valence-electron chi connectivity index (χ2n) is 21.1. The van der Waals surface area contributed by atoms with Crippen molar-refractivity contribution in [2.24, 2.45) is 0 Å². The summed E-state index contributed by atoms with van der Waals surface area (Å²) in [6.45, 7) is 6.83. The quantitative estimate of drug-likeness (QED) is 0.0212. The molecule has 406 valence electrons. The molecule has 0 radical (unpaired) electrons. The molecular weight excluding hydrogens is 880 g/mol. The number of likely N-dealkylation sites (N-methyl/N-ethyl adjacent to an activating group) is 1. The summed E-state index contributed by atoms with van der Waals surface area (Å²) in [4.78, 5) is 39.8. The molecule has 0 saturated carbocycles. The minimum Gasteiger partial charge on any atom is -0.756 e. The van der Waals surface area contributed by atoms with E-state index in [1.165, 1.54) is 161 Å². The van der Waals surface area contributed by atoms with Crippen molar-refractivity contribution in [3.63, 3.8) is 0 Å². The number of phosphoric acid groups is 1. The second-order valence-corrected chi connectivity index (χ2v) is 22.6. The van der Waals surface area contributed by atoms with Crippen LogP contribution < -0.4 is 10.2 Å². The van der Waals surface area contributed by atoms with Crippen molar-refractivity contribution < 1.29 is 37.3 Å². The van der Waals surface area contributed by atoms with Crippen molar-refractivity contribution in [2.75, 3.05) is 40.9 Å². The number of nitrogens with one attached hydrogen (secondary N) is 1. The summed E-state index contributed by atoms with van der Waals surface area (Å²) >= 11 is 0. The van der Waals surface area contributed by atoms with E-state index in [1.54, 1.807) is 0 Å². The molecule has 0 rings (SSSR count). The number of carbonyl (C=O) groups excluding carboxylic acids is 2. The van der Waals surface area contributed by atoms with Gasteiger partial charge in [0.2, 0.25) is 5.91 Å². The first-order valence-corrected chi connectivity index (χ1v) is 30.8. The molecule has 10 heteroatoms. The van der Waals surface area contributed by atoms with E-state index in [4.69, 9.17) is 13.8 Å². The highest BCUT2D eigenvalue weighted by Crippen LogP contribution is 2.38. The minimum absolute atomic E-state index is 0.0243. The highest BCUT2D eigenvalue weighted by atomic mass is 31.2. The van der Waals surface area contributed by atoms with Crippen molar-refractivity contribution in [3.8, 4) is 0 Å². The van der Waals surface area contributed by atoms with Crippen LogP contribution in [0.5, 0.6) is 0 Å². The summed E-state index contributed by atoms with van der Waals surface area (Å²) < 4.78 is 30.2. The number of phosphoric ester groups is 1. The van der Waals surface area contributed by atoms with Crippen LogP contribution in [-0.2, 0) is 27.9 Å². The van der Waals surface area contributed by atoms with Crippen LogP contribution in [0.2, 0.25) is 0 Å². The normalized spacial score (nSPS) is 14.0. The Bertz CT molecular complexity index is 1280. The number of nitrogens with zero attached hydrogens (tertiary/aromatic N) is 1. The first kappa shape index (κ1) is 67.2. The maximum absolute atomic E-state index is 13.5. The Morgan fingerprint density at radius 1 is 0.493 bits per heavy atom. The highest BCUT2D eigenvalue weighted by molar-refractivity contribution is 7.45. The molecule has 0 bridgehead atoms. The fourth-order valence-corrected chi connectivity index (χ4v) is 9.18. The number of unbranched alkanes of at least 4 members (excludes halogenated alkanes) is 33. The van der Waals surface area contributed by atoms with Gasteiger partial charge in [-0.05, 0) is 83.1 Å². The Morgan fingerprint density at radius 2 is 0.841 bits per heavy atom. The lowest BCUT2D eigenvalue weighted by Crippen LogP contribution is -2.47. The van der Waals surface area contributed by atoms with Gasteiger partial charge < -0.3 is 28.5 Å². The molecule has 0 aliphatic rings. The fourth-order valence-electron chi connectivity index (χ4n) is 8.45. The fraction of sp³-hybridized carbons (Fsp3) is 0.864. The first-order valence-electron chi connectivity index (χ1n) is 29.3. The molecule has 9 nitrogen and oxygen atoms in total. The smallest absolute Gasteiger partial charge is 0.306 e. The zero-order chi connectivity index (χ0) is 50.8. The summed E-state index contributed by atoms with van der Waals surface area (Å²) in [5.74, 6) is -0.557. The van der Waals surface area contributed by atoms with Crippen molar-refractivity contribution in [3.05, 3.63) is 36.5 Å². The van der Waals surface area contributed by atoms with Crippen molar-refractivity contribution in [2.45, 2.75) is 290 Å². The molecule has 0 saturated heterocycles. The summed E-state index contributed by atoms with van der Waals surface area (Å²) in [6, 6.07) is -0.894. The molecule has 0 aromatic carbocycles. The number of carbonyl (C=O) groups is 2. The Hall–Kier alpha value is -1.77. The predicted molar refractivity (Wildman–Crippen MR) is 293 cm³/mol. The lowest BCUT2D eigenvalue weighted by molar-refractivity contribution is -0.870. The van der Waals surface area contributed by atoms with Crippen molar-refractivity contribution >= 4 is 19.7 Å². The molecule has 69 heavy (non-hydrogen) atoms. The predicted octanol–water partition coefficient (Wildman–Crippen LogP) is 16.9. The number of allylic oxidation sites excluding steroid dienone is 5. The molecule has 0 aliphatic carbocycles. The number of amides is 1. The molecular formula is C59H113N2O7P. The largest absolute Gasteiger partial charge is 0.756 e. The summed E-state index contributed by atoms with van der Waals surface area (Å²) in [5.41, 5.74) is 0. The van der Waals surface area contributed by atoms with Crippen LogP contribution in [0.4, 0.5) is 0 Å². The van der Waals surface area contributed by atoms with E-state index in [2.05, 4.69) is 50.4 Å². The summed E-state index contributed by atoms with van der Waals surface area (Å²) in [7, 11) is 1.18. The highest BCUT2D eigenvalue weighted by Gasteiger charge is 2.27. The van der Waals surface area contributed by atoms with Crippen LogP contribution in [0, 0.1) is 0 Å². The molecule has 0 heterocycles. The van der Waals surface area contributed by atoms with Crippen LogP contribution >= 0.6 is 7.82 Å². The third-order valence-corrected chi connectivity index (χ3v) is 14.0. The molecule has 1 N–H and O–H groups in total. The molecule has 0 aromatic rings. The summed E-state index contributed by atoms with van der Waals surface area (Å²) in [6.07, 6.45) is 58.2. The summed E-state index contributed by atoms with van der Waals surface area (Å²) in [5, 5.41) is 3.01. The van der Waals surface area contributed by atoms with E-state index in [-0.39, 0.29) is 24.9 Å². The average Bonchev–Trinajstić information content (AvgIpc) is 3.31. The number of esters is 1. The second kappa shape index (κ2) is 49.8. The maximum atomic E-state index is 13.5. The van der Waals surface area contributed by atoms with Gasteiger partial charge >= 0.3 is 5.97 Å². The SMILES string of the molecule is CCCCCCCC/C=C/CCCCCCCCCC(=O)OC(/C=C/CCCCCCCCCCCC)C(COP(=O)([O-])OCC[N+](C)(C)C)NC(=O)CCCCC/C=C\CCCCCCCCC. The van der Waals surface area contributed by atoms with Crippen molar-refractivity contribution in [1.82, 2.24) is 5.32 Å². The molecule has 0 fully saturated rings. The van der Waals surface area contributed by atoms with Crippen LogP contribution in [0.25, 0.3) is 0 Å². The Balaban J connectivity index is 5.34. The van der Waals surface area contributed by atoms with Gasteiger partial charge in [-0.15, -0.1) is 0 Å². The van der Waals surface area contributed by atoms with Gasteiger partial charge in [-0.1, -0.05) is 218 Å². The van der Waals surface area contributed by atoms with E-state index in [1.807, 2.05) is 33.3 Å². The third kappa shape index (κ3) is 51.0. The van der Waals surface area contributed by atoms with E-state index in [0.717, 1.165) is 77.0 Å². The minimum atomic E-state index is -4.69. The third-order valence-electron chi connectivity index (χ3n) is 13.0. The van der Waals surface area contributed by atoms with Gasteiger partial charge in [-0.3, -0.25) is 14.2 Å². The van der Waals surface area contributed by atoms with Gasteiger partial charge in [-0.2, -0.15) is 0 Å². The number of hydrogen-bond donors (Lipinski definition) is 1. The van der Waals surface area contributed by atoms with Gasteiger partial charge in [0.05, 0.1) is 33.8 Å². The molecule has 3 atom stereocenters. The van der Waals surface area contributed by atoms with E-state index in [0.29, 0.717) is 23.9 Å². The van der Waals surface area contributed by atoms with Gasteiger partial charge in [0.1, 0.15) is 19.3 Å². The number of quaternary nitrogens is 1. The molecule has 0 aliphatic heterocycles. The lowest BCUT2D eigenvalue weighted by Gasteiger charge is -2.30. The topological polar surface area (TPSA) is 114 Å². The van der Waals surface area contributed by atoms with Crippen LogP contribution in [0.1, 0.15) is 278 Å². The van der Waals surface area contributed by atoms with Gasteiger partial charge in [0.15, 0.2) is 0 Å². The Morgan fingerprint density at radius 3 is 1.25 bits per heavy atom. The zero-order valence-electron chi connectivity index (χ0n) is 46.3. The van der Waals surface area contributed by atoms with E-state index in [9.17, 15) is 19.0 Å². The van der Waals surface area contributed by atoms with Crippen LogP contribution in [0.3, 0.4) is 0 Å². The van der Waals surface area contributed by atoms with Crippen LogP contribution in [0.15, 0.2) is 36.5 Å². The number of ether oxygens (including phenoxy) is 1. The maximum Gasteiger partial charge on any atom is 0.306 e. The van der Waals surface area contributed by atoms with Gasteiger partial charge in [0, 0.05) is 12.8 Å². The van der Waals surface area contributed by atoms with Crippen LogP contribution in [-0.4, -0.2) is 69.4 Å². The lowest BCUT2D eigenvalue weighted by atomic mass is 10.0. The molecule has 0 spiro atoms. The van der Waals surface area contributed by atoms with E-state index >= 15 is 0 Å². The molecule has 3 unspecified atom stereocenters. The number of rotatable bonds is 53. The zero-order valence-corrected chi connectivity index (χ0v) is 47.2.